The van der Waals surface area contributed by atoms with Crippen molar-refractivity contribution in [3.8, 4) is 0 Å². The lowest BCUT2D eigenvalue weighted by atomic mass is 10.1. The summed E-state index contributed by atoms with van der Waals surface area (Å²) >= 11 is 0. The van der Waals surface area contributed by atoms with Gasteiger partial charge in [0.1, 0.15) is 5.82 Å². The van der Waals surface area contributed by atoms with E-state index in [1.165, 1.54) is 12.1 Å². The second kappa shape index (κ2) is 7.92. The predicted octanol–water partition coefficient (Wildman–Crippen LogP) is 3.14. The van der Waals surface area contributed by atoms with E-state index in [0.717, 1.165) is 5.69 Å². The summed E-state index contributed by atoms with van der Waals surface area (Å²) in [6.07, 6.45) is -0.554. The highest BCUT2D eigenvalue weighted by atomic mass is 19.1. The fourth-order valence-corrected chi connectivity index (χ4v) is 2.31. The largest absolute Gasteiger partial charge is 0.391 e. The second-order valence-corrected chi connectivity index (χ2v) is 5.37. The molecule has 2 rings (SSSR count). The molecule has 0 saturated carbocycles. The molecule has 0 amide bonds. The van der Waals surface area contributed by atoms with E-state index in [4.69, 9.17) is 0 Å². The molecule has 2 N–H and O–H groups in total. The van der Waals surface area contributed by atoms with E-state index in [9.17, 15) is 14.6 Å². The molecule has 0 bridgehead atoms. The van der Waals surface area contributed by atoms with Crippen molar-refractivity contribution in [2.75, 3.05) is 18.0 Å². The Bertz CT molecular complexity index is 559. The molecule has 0 heterocycles. The average Bonchev–Trinajstić information content (AvgIpc) is 2.55. The Morgan fingerprint density at radius 3 is 2.18 bits per heavy atom. The predicted molar refractivity (Wildman–Crippen MR) is 86.3 cm³/mol. The van der Waals surface area contributed by atoms with Gasteiger partial charge >= 0.3 is 0 Å². The summed E-state index contributed by atoms with van der Waals surface area (Å²) in [5.74, 6) is -0.322. The maximum atomic E-state index is 13.0. The minimum absolute atomic E-state index is 0.322. The van der Waals surface area contributed by atoms with Crippen molar-refractivity contribution in [3.63, 3.8) is 0 Å². The van der Waals surface area contributed by atoms with Gasteiger partial charge in [0.05, 0.1) is 12.2 Å². The van der Waals surface area contributed by atoms with Gasteiger partial charge in [-0.15, -0.1) is 0 Å². The molecule has 0 aliphatic heterocycles. The highest BCUT2D eigenvalue weighted by molar-refractivity contribution is 5.46. The number of benzene rings is 2. The van der Waals surface area contributed by atoms with Crippen LogP contribution in [0.3, 0.4) is 0 Å². The third-order valence-electron chi connectivity index (χ3n) is 3.67. The number of anilines is 1. The van der Waals surface area contributed by atoms with E-state index in [1.807, 2.05) is 42.2 Å². The van der Waals surface area contributed by atoms with Crippen LogP contribution in [0.4, 0.5) is 10.1 Å². The summed E-state index contributed by atoms with van der Waals surface area (Å²) in [6.45, 7) is 2.70. The number of rotatable bonds is 7. The molecule has 118 valence electrons. The quantitative estimate of drug-likeness (QED) is 0.826. The molecule has 0 saturated heterocycles. The van der Waals surface area contributed by atoms with Gasteiger partial charge in [0.15, 0.2) is 0 Å². The van der Waals surface area contributed by atoms with Crippen LogP contribution in [-0.4, -0.2) is 29.4 Å². The number of hydrogen-bond acceptors (Lipinski definition) is 3. The Balaban J connectivity index is 2.13. The van der Waals surface area contributed by atoms with E-state index in [-0.39, 0.29) is 5.82 Å². The minimum atomic E-state index is -0.745. The lowest BCUT2D eigenvalue weighted by molar-refractivity contribution is 0.157. The summed E-state index contributed by atoms with van der Waals surface area (Å²) in [4.78, 5) is 1.95. The van der Waals surface area contributed by atoms with Crippen LogP contribution in [0, 0.1) is 5.82 Å². The summed E-state index contributed by atoms with van der Waals surface area (Å²) in [6, 6.07) is 15.5. The lowest BCUT2D eigenvalue weighted by Crippen LogP contribution is -2.35. The van der Waals surface area contributed by atoms with E-state index >= 15 is 0 Å². The van der Waals surface area contributed by atoms with Crippen molar-refractivity contribution < 1.29 is 14.6 Å². The summed E-state index contributed by atoms with van der Waals surface area (Å²) in [5.41, 5.74) is 1.60. The van der Waals surface area contributed by atoms with Crippen LogP contribution in [0.5, 0.6) is 0 Å². The third-order valence-corrected chi connectivity index (χ3v) is 3.67. The lowest BCUT2D eigenvalue weighted by Gasteiger charge is -2.29. The topological polar surface area (TPSA) is 43.7 Å². The van der Waals surface area contributed by atoms with Crippen LogP contribution in [-0.2, 0) is 0 Å². The number of para-hydroxylation sites is 1. The van der Waals surface area contributed by atoms with Crippen molar-refractivity contribution in [1.82, 2.24) is 0 Å². The Kier molecular flexibility index (Phi) is 5.92. The van der Waals surface area contributed by atoms with E-state index in [2.05, 4.69) is 0 Å². The number of hydrogen-bond donors (Lipinski definition) is 2. The van der Waals surface area contributed by atoms with Gasteiger partial charge in [-0.3, -0.25) is 0 Å². The first-order chi connectivity index (χ1) is 10.6. The molecular weight excluding hydrogens is 281 g/mol. The molecular formula is C18H22FNO2. The summed E-state index contributed by atoms with van der Waals surface area (Å²) in [5, 5.41) is 20.3. The second-order valence-electron chi connectivity index (χ2n) is 5.37. The van der Waals surface area contributed by atoms with Crippen molar-refractivity contribution in [2.24, 2.45) is 0 Å². The first-order valence-electron chi connectivity index (χ1n) is 7.51. The first kappa shape index (κ1) is 16.5. The monoisotopic (exact) mass is 303 g/mol. The smallest absolute Gasteiger partial charge is 0.123 e. The van der Waals surface area contributed by atoms with Crippen molar-refractivity contribution in [3.05, 3.63) is 66.0 Å². The highest BCUT2D eigenvalue weighted by Gasteiger charge is 2.16. The van der Waals surface area contributed by atoms with E-state index in [0.29, 0.717) is 25.1 Å². The molecule has 0 aliphatic rings. The maximum absolute atomic E-state index is 13.0. The highest BCUT2D eigenvalue weighted by Crippen LogP contribution is 2.20. The summed E-state index contributed by atoms with van der Waals surface area (Å²) in [7, 11) is 0. The molecule has 3 nitrogen and oxygen atoms in total. The molecule has 0 aliphatic carbocycles. The zero-order valence-electron chi connectivity index (χ0n) is 12.7. The van der Waals surface area contributed by atoms with Gasteiger partial charge in [0.2, 0.25) is 0 Å². The van der Waals surface area contributed by atoms with Gasteiger partial charge < -0.3 is 15.1 Å². The molecule has 4 heteroatoms. The molecule has 0 aromatic heterocycles. The molecule has 22 heavy (non-hydrogen) atoms. The van der Waals surface area contributed by atoms with Crippen molar-refractivity contribution >= 4 is 5.69 Å². The SMILES string of the molecule is CCC(O)CN(CC(O)c1ccc(F)cc1)c1ccccc1. The van der Waals surface area contributed by atoms with E-state index < -0.39 is 12.2 Å². The number of aliphatic hydroxyl groups excluding tert-OH is 2. The zero-order chi connectivity index (χ0) is 15.9. The normalized spacial score (nSPS) is 13.6. The molecule has 2 unspecified atom stereocenters. The van der Waals surface area contributed by atoms with Gasteiger partial charge in [0, 0.05) is 18.8 Å². The maximum Gasteiger partial charge on any atom is 0.123 e. The molecule has 2 aromatic carbocycles. The average molecular weight is 303 g/mol. The van der Waals surface area contributed by atoms with Gasteiger partial charge in [0.25, 0.3) is 0 Å². The van der Waals surface area contributed by atoms with Crippen molar-refractivity contribution in [2.45, 2.75) is 25.6 Å². The number of nitrogens with zero attached hydrogens (tertiary/aromatic N) is 1. The molecule has 2 atom stereocenters. The van der Waals surface area contributed by atoms with Gasteiger partial charge in [-0.25, -0.2) is 4.39 Å². The van der Waals surface area contributed by atoms with Crippen LogP contribution < -0.4 is 4.90 Å². The van der Waals surface area contributed by atoms with Crippen LogP contribution in [0.15, 0.2) is 54.6 Å². The van der Waals surface area contributed by atoms with Crippen molar-refractivity contribution in [1.29, 1.82) is 0 Å². The standard InChI is InChI=1S/C18H22FNO2/c1-2-17(21)12-20(16-6-4-3-5-7-16)13-18(22)14-8-10-15(19)11-9-14/h3-11,17-18,21-22H,2,12-13H2,1H3. The molecule has 0 radical (unpaired) electrons. The fourth-order valence-electron chi connectivity index (χ4n) is 2.31. The van der Waals surface area contributed by atoms with Gasteiger partial charge in [-0.1, -0.05) is 37.3 Å². The minimum Gasteiger partial charge on any atom is -0.391 e. The van der Waals surface area contributed by atoms with Gasteiger partial charge in [-0.05, 0) is 36.2 Å². The number of halogens is 1. The van der Waals surface area contributed by atoms with Crippen LogP contribution in [0.25, 0.3) is 0 Å². The van der Waals surface area contributed by atoms with Crippen LogP contribution in [0.1, 0.15) is 25.0 Å². The third kappa shape index (κ3) is 4.55. The molecule has 2 aromatic rings. The van der Waals surface area contributed by atoms with Crippen LogP contribution in [0.2, 0.25) is 0 Å². The van der Waals surface area contributed by atoms with Crippen LogP contribution >= 0.6 is 0 Å². The number of aliphatic hydroxyl groups is 2. The Morgan fingerprint density at radius 1 is 0.955 bits per heavy atom. The fraction of sp³-hybridized carbons (Fsp3) is 0.333. The summed E-state index contributed by atoms with van der Waals surface area (Å²) < 4.78 is 13.0. The Hall–Kier alpha value is -1.91. The zero-order valence-corrected chi connectivity index (χ0v) is 12.7. The first-order valence-corrected chi connectivity index (χ1v) is 7.51. The Labute approximate surface area is 130 Å². The Morgan fingerprint density at radius 2 is 1.59 bits per heavy atom. The van der Waals surface area contributed by atoms with E-state index in [1.54, 1.807) is 12.1 Å². The molecule has 0 spiro atoms. The van der Waals surface area contributed by atoms with Gasteiger partial charge in [-0.2, -0.15) is 0 Å². The molecule has 0 fully saturated rings.